The summed E-state index contributed by atoms with van der Waals surface area (Å²) >= 11 is 1.58. The zero-order chi connectivity index (χ0) is 15.7. The van der Waals surface area contributed by atoms with E-state index in [0.717, 1.165) is 18.5 Å². The van der Waals surface area contributed by atoms with E-state index < -0.39 is 10.0 Å². The first-order valence-electron chi connectivity index (χ1n) is 7.68. The molecule has 1 N–H and O–H groups in total. The van der Waals surface area contributed by atoms with Gasteiger partial charge >= 0.3 is 0 Å². The Labute approximate surface area is 135 Å². The maximum atomic E-state index is 12.3. The summed E-state index contributed by atoms with van der Waals surface area (Å²) in [5.41, 5.74) is 1.14. The zero-order valence-corrected chi connectivity index (χ0v) is 14.3. The lowest BCUT2D eigenvalue weighted by atomic mass is 9.97. The fraction of sp³-hybridized carbons (Fsp3) is 0.714. The molecule has 1 fully saturated rings. The summed E-state index contributed by atoms with van der Waals surface area (Å²) in [4.78, 5) is 18.1. The Morgan fingerprint density at radius 1 is 1.27 bits per heavy atom. The molecule has 0 spiro atoms. The second-order valence-electron chi connectivity index (χ2n) is 6.02. The van der Waals surface area contributed by atoms with Crippen LogP contribution in [0.3, 0.4) is 0 Å². The molecule has 0 saturated carbocycles. The molecule has 0 aromatic carbocycles. The molecule has 22 heavy (non-hydrogen) atoms. The summed E-state index contributed by atoms with van der Waals surface area (Å²) in [7, 11) is -3.14. The summed E-state index contributed by atoms with van der Waals surface area (Å²) in [6.45, 7) is 0.844. The molecule has 1 aromatic heterocycles. The summed E-state index contributed by atoms with van der Waals surface area (Å²) in [6.07, 6.45) is 6.81. The standard InChI is InChI=1S/C14H21N3O3S2/c1-22(19,20)17-8-6-10(7-9-17)13(18)16-14-15-11-4-2-3-5-12(11)21-14/h10H,2-9H2,1H3,(H,15,16,18). The number of nitrogens with zero attached hydrogens (tertiary/aromatic N) is 2. The van der Waals surface area contributed by atoms with Crippen LogP contribution in [0.25, 0.3) is 0 Å². The van der Waals surface area contributed by atoms with E-state index in [0.29, 0.717) is 31.1 Å². The van der Waals surface area contributed by atoms with Crippen molar-refractivity contribution in [2.45, 2.75) is 38.5 Å². The highest BCUT2D eigenvalue weighted by molar-refractivity contribution is 7.88. The Morgan fingerprint density at radius 2 is 1.95 bits per heavy atom. The van der Waals surface area contributed by atoms with Gasteiger partial charge < -0.3 is 5.32 Å². The number of thiazole rings is 1. The lowest BCUT2D eigenvalue weighted by Gasteiger charge is -2.29. The van der Waals surface area contributed by atoms with Gasteiger partial charge in [0.1, 0.15) is 0 Å². The maximum absolute atomic E-state index is 12.3. The molecule has 2 aliphatic rings. The Kier molecular flexibility index (Phi) is 4.52. The summed E-state index contributed by atoms with van der Waals surface area (Å²) < 4.78 is 24.4. The molecule has 3 rings (SSSR count). The highest BCUT2D eigenvalue weighted by atomic mass is 32.2. The average molecular weight is 343 g/mol. The average Bonchev–Trinajstić information content (AvgIpc) is 2.88. The van der Waals surface area contributed by atoms with Crippen LogP contribution in [0.5, 0.6) is 0 Å². The van der Waals surface area contributed by atoms with Gasteiger partial charge in [0.25, 0.3) is 0 Å². The molecule has 8 heteroatoms. The number of amides is 1. The number of carbonyl (C=O) groups excluding carboxylic acids is 1. The van der Waals surface area contributed by atoms with Gasteiger partial charge in [-0.3, -0.25) is 4.79 Å². The van der Waals surface area contributed by atoms with Crippen molar-refractivity contribution in [1.82, 2.24) is 9.29 Å². The molecule has 0 atom stereocenters. The van der Waals surface area contributed by atoms with Gasteiger partial charge in [-0.15, -0.1) is 11.3 Å². The molecule has 6 nitrogen and oxygen atoms in total. The molecule has 1 saturated heterocycles. The quantitative estimate of drug-likeness (QED) is 0.905. The number of fused-ring (bicyclic) bond motifs is 1. The van der Waals surface area contributed by atoms with Crippen molar-refractivity contribution < 1.29 is 13.2 Å². The second kappa shape index (κ2) is 6.25. The minimum atomic E-state index is -3.14. The van der Waals surface area contributed by atoms with Crippen molar-refractivity contribution in [2.24, 2.45) is 5.92 Å². The third-order valence-corrected chi connectivity index (χ3v) is 6.75. The lowest BCUT2D eigenvalue weighted by molar-refractivity contribution is -0.120. The predicted octanol–water partition coefficient (Wildman–Crippen LogP) is 1.63. The van der Waals surface area contributed by atoms with Gasteiger partial charge in [-0.1, -0.05) is 0 Å². The fourth-order valence-corrected chi connectivity index (χ4v) is 4.99. The topological polar surface area (TPSA) is 79.4 Å². The molecular weight excluding hydrogens is 322 g/mol. The molecule has 0 bridgehead atoms. The Bertz CT molecular complexity index is 637. The number of aryl methyl sites for hydroxylation is 2. The van der Waals surface area contributed by atoms with Gasteiger partial charge in [-0.05, 0) is 38.5 Å². The monoisotopic (exact) mass is 343 g/mol. The highest BCUT2D eigenvalue weighted by Gasteiger charge is 2.29. The number of rotatable bonds is 3. The lowest BCUT2D eigenvalue weighted by Crippen LogP contribution is -2.40. The van der Waals surface area contributed by atoms with Gasteiger partial charge in [0.15, 0.2) is 5.13 Å². The third-order valence-electron chi connectivity index (χ3n) is 4.37. The van der Waals surface area contributed by atoms with Crippen LogP contribution in [-0.2, 0) is 27.7 Å². The van der Waals surface area contributed by atoms with Gasteiger partial charge in [0, 0.05) is 23.9 Å². The van der Waals surface area contributed by atoms with Crippen LogP contribution in [0.1, 0.15) is 36.3 Å². The van der Waals surface area contributed by atoms with Crippen molar-refractivity contribution in [2.75, 3.05) is 24.7 Å². The normalized spacial score (nSPS) is 20.6. The summed E-state index contributed by atoms with van der Waals surface area (Å²) in [5, 5.41) is 3.62. The van der Waals surface area contributed by atoms with E-state index in [1.807, 2.05) is 0 Å². The smallest absolute Gasteiger partial charge is 0.229 e. The molecule has 122 valence electrons. The molecule has 1 aromatic rings. The van der Waals surface area contributed by atoms with Gasteiger partial charge in [0.05, 0.1) is 11.9 Å². The van der Waals surface area contributed by atoms with Crippen molar-refractivity contribution in [3.05, 3.63) is 10.6 Å². The van der Waals surface area contributed by atoms with Crippen molar-refractivity contribution in [1.29, 1.82) is 0 Å². The van der Waals surface area contributed by atoms with E-state index in [1.165, 1.54) is 28.3 Å². The number of aromatic nitrogens is 1. The maximum Gasteiger partial charge on any atom is 0.229 e. The number of sulfonamides is 1. The first kappa shape index (κ1) is 15.9. The minimum Gasteiger partial charge on any atom is -0.302 e. The van der Waals surface area contributed by atoms with Crippen molar-refractivity contribution >= 4 is 32.4 Å². The van der Waals surface area contributed by atoms with Crippen LogP contribution in [0.4, 0.5) is 5.13 Å². The number of nitrogens with one attached hydrogen (secondary N) is 1. The number of piperidine rings is 1. The van der Waals surface area contributed by atoms with Gasteiger partial charge in [0.2, 0.25) is 15.9 Å². The molecule has 1 aliphatic heterocycles. The van der Waals surface area contributed by atoms with Crippen LogP contribution in [0.2, 0.25) is 0 Å². The molecule has 1 amide bonds. The van der Waals surface area contributed by atoms with E-state index in [1.54, 1.807) is 11.3 Å². The molecule has 1 aliphatic carbocycles. The third kappa shape index (κ3) is 3.49. The fourth-order valence-electron chi connectivity index (χ4n) is 3.06. The SMILES string of the molecule is CS(=O)(=O)N1CCC(C(=O)Nc2nc3c(s2)CCCC3)CC1. The van der Waals surface area contributed by atoms with E-state index in [4.69, 9.17) is 0 Å². The highest BCUT2D eigenvalue weighted by Crippen LogP contribution is 2.30. The molecule has 0 radical (unpaired) electrons. The molecular formula is C14H21N3O3S2. The first-order valence-corrected chi connectivity index (χ1v) is 10.3. The molecule has 2 heterocycles. The Balaban J connectivity index is 1.58. The van der Waals surface area contributed by atoms with Crippen LogP contribution < -0.4 is 5.32 Å². The van der Waals surface area contributed by atoms with E-state index in [2.05, 4.69) is 10.3 Å². The number of carbonyl (C=O) groups is 1. The first-order chi connectivity index (χ1) is 10.4. The molecule has 0 unspecified atom stereocenters. The number of anilines is 1. The number of hydrogen-bond acceptors (Lipinski definition) is 5. The zero-order valence-electron chi connectivity index (χ0n) is 12.7. The summed E-state index contributed by atoms with van der Waals surface area (Å²) in [5.74, 6) is -0.154. The number of hydrogen-bond donors (Lipinski definition) is 1. The minimum absolute atomic E-state index is 0.0285. The van der Waals surface area contributed by atoms with Crippen molar-refractivity contribution in [3.63, 3.8) is 0 Å². The van der Waals surface area contributed by atoms with Crippen LogP contribution in [0.15, 0.2) is 0 Å². The Morgan fingerprint density at radius 3 is 2.59 bits per heavy atom. The van der Waals surface area contributed by atoms with Gasteiger partial charge in [-0.25, -0.2) is 17.7 Å². The van der Waals surface area contributed by atoms with Gasteiger partial charge in [-0.2, -0.15) is 0 Å². The van der Waals surface area contributed by atoms with Crippen LogP contribution >= 0.6 is 11.3 Å². The largest absolute Gasteiger partial charge is 0.302 e. The van der Waals surface area contributed by atoms with E-state index in [9.17, 15) is 13.2 Å². The van der Waals surface area contributed by atoms with E-state index in [-0.39, 0.29) is 11.8 Å². The van der Waals surface area contributed by atoms with Crippen LogP contribution in [0, 0.1) is 5.92 Å². The van der Waals surface area contributed by atoms with Crippen molar-refractivity contribution in [3.8, 4) is 0 Å². The van der Waals surface area contributed by atoms with E-state index >= 15 is 0 Å². The second-order valence-corrected chi connectivity index (χ2v) is 9.09. The summed E-state index contributed by atoms with van der Waals surface area (Å²) in [6, 6.07) is 0. The predicted molar refractivity (Wildman–Crippen MR) is 86.5 cm³/mol. The Hall–Kier alpha value is -0.990. The van der Waals surface area contributed by atoms with Crippen LogP contribution in [-0.4, -0.2) is 43.0 Å².